The van der Waals surface area contributed by atoms with Crippen LogP contribution in [0.4, 0.5) is 0 Å². The molecule has 0 aliphatic carbocycles. The molecule has 6 nitrogen and oxygen atoms in total. The maximum Gasteiger partial charge on any atom is 0.211 e. The Morgan fingerprint density at radius 2 is 2.08 bits per heavy atom. The molecule has 0 saturated heterocycles. The SMILES string of the molecule is CCCn1c2ccccc2c2nnc(SCc3cc(C)no3)nc21. The van der Waals surface area contributed by atoms with Crippen LogP contribution in [0.15, 0.2) is 40.0 Å². The molecule has 0 aliphatic rings. The Hall–Kier alpha value is -2.41. The van der Waals surface area contributed by atoms with Gasteiger partial charge in [-0.05, 0) is 19.4 Å². The van der Waals surface area contributed by atoms with Crippen molar-refractivity contribution in [3.63, 3.8) is 0 Å². The molecule has 3 heterocycles. The zero-order chi connectivity index (χ0) is 16.5. The van der Waals surface area contributed by atoms with Crippen molar-refractivity contribution in [3.8, 4) is 0 Å². The fourth-order valence-electron chi connectivity index (χ4n) is 2.82. The highest BCUT2D eigenvalue weighted by molar-refractivity contribution is 7.98. The summed E-state index contributed by atoms with van der Waals surface area (Å²) in [6.07, 6.45) is 1.04. The van der Waals surface area contributed by atoms with Crippen LogP contribution >= 0.6 is 11.8 Å². The van der Waals surface area contributed by atoms with Crippen molar-refractivity contribution in [2.24, 2.45) is 0 Å². The molecule has 7 heteroatoms. The fourth-order valence-corrected chi connectivity index (χ4v) is 3.48. The number of para-hydroxylation sites is 1. The Bertz CT molecular complexity index is 1010. The van der Waals surface area contributed by atoms with E-state index < -0.39 is 0 Å². The van der Waals surface area contributed by atoms with E-state index >= 15 is 0 Å². The van der Waals surface area contributed by atoms with Crippen molar-refractivity contribution in [2.75, 3.05) is 0 Å². The smallest absolute Gasteiger partial charge is 0.211 e. The first-order chi connectivity index (χ1) is 11.8. The Morgan fingerprint density at radius 1 is 1.21 bits per heavy atom. The summed E-state index contributed by atoms with van der Waals surface area (Å²) in [6.45, 7) is 4.98. The Morgan fingerprint density at radius 3 is 2.88 bits per heavy atom. The Balaban J connectivity index is 1.73. The Kier molecular flexibility index (Phi) is 3.93. The van der Waals surface area contributed by atoms with Crippen LogP contribution in [-0.2, 0) is 12.3 Å². The first-order valence-electron chi connectivity index (χ1n) is 7.93. The minimum atomic E-state index is 0.641. The number of aryl methyl sites for hydroxylation is 2. The van der Waals surface area contributed by atoms with Gasteiger partial charge < -0.3 is 9.09 Å². The summed E-state index contributed by atoms with van der Waals surface area (Å²) in [5, 5.41) is 14.4. The average molecular weight is 339 g/mol. The van der Waals surface area contributed by atoms with Gasteiger partial charge in [-0.15, -0.1) is 10.2 Å². The van der Waals surface area contributed by atoms with E-state index in [1.807, 2.05) is 25.1 Å². The molecule has 0 saturated carbocycles. The van der Waals surface area contributed by atoms with E-state index in [1.165, 1.54) is 11.8 Å². The molecule has 4 rings (SSSR count). The molecule has 1 aromatic carbocycles. The molecule has 24 heavy (non-hydrogen) atoms. The van der Waals surface area contributed by atoms with Crippen molar-refractivity contribution in [1.29, 1.82) is 0 Å². The van der Waals surface area contributed by atoms with Gasteiger partial charge in [0.15, 0.2) is 5.65 Å². The lowest BCUT2D eigenvalue weighted by Gasteiger charge is -2.04. The van der Waals surface area contributed by atoms with Gasteiger partial charge >= 0.3 is 0 Å². The second kappa shape index (κ2) is 6.24. The summed E-state index contributed by atoms with van der Waals surface area (Å²) in [7, 11) is 0. The molecular formula is C17H17N5OS. The van der Waals surface area contributed by atoms with E-state index in [4.69, 9.17) is 9.51 Å². The zero-order valence-corrected chi connectivity index (χ0v) is 14.4. The number of benzene rings is 1. The van der Waals surface area contributed by atoms with Crippen LogP contribution in [0, 0.1) is 6.92 Å². The summed E-state index contributed by atoms with van der Waals surface area (Å²) >= 11 is 1.51. The van der Waals surface area contributed by atoms with E-state index in [2.05, 4.69) is 39.0 Å². The van der Waals surface area contributed by atoms with Gasteiger partial charge in [0.2, 0.25) is 5.16 Å². The topological polar surface area (TPSA) is 69.6 Å². The second-order valence-electron chi connectivity index (χ2n) is 5.66. The highest BCUT2D eigenvalue weighted by atomic mass is 32.2. The van der Waals surface area contributed by atoms with Crippen LogP contribution in [0.5, 0.6) is 0 Å². The summed E-state index contributed by atoms with van der Waals surface area (Å²) in [5.41, 5.74) is 3.79. The van der Waals surface area contributed by atoms with Crippen LogP contribution < -0.4 is 0 Å². The molecule has 0 N–H and O–H groups in total. The number of fused-ring (bicyclic) bond motifs is 3. The van der Waals surface area contributed by atoms with Gasteiger partial charge in [0.1, 0.15) is 11.3 Å². The molecule has 0 unspecified atom stereocenters. The molecule has 0 amide bonds. The predicted octanol–water partition coefficient (Wildman–Crippen LogP) is 3.98. The third kappa shape index (κ3) is 2.65. The van der Waals surface area contributed by atoms with Crippen molar-refractivity contribution in [3.05, 3.63) is 41.8 Å². The minimum absolute atomic E-state index is 0.641. The Labute approximate surface area is 143 Å². The fraction of sp³-hybridized carbons (Fsp3) is 0.294. The van der Waals surface area contributed by atoms with Crippen molar-refractivity contribution in [1.82, 2.24) is 24.9 Å². The monoisotopic (exact) mass is 339 g/mol. The summed E-state index contributed by atoms with van der Waals surface area (Å²) < 4.78 is 7.46. The van der Waals surface area contributed by atoms with E-state index in [0.717, 1.165) is 46.5 Å². The van der Waals surface area contributed by atoms with Gasteiger partial charge in [-0.3, -0.25) is 0 Å². The highest BCUT2D eigenvalue weighted by Crippen LogP contribution is 2.28. The van der Waals surface area contributed by atoms with Crippen LogP contribution in [0.1, 0.15) is 24.8 Å². The number of rotatable bonds is 5. The average Bonchev–Trinajstić information content (AvgIpc) is 3.15. The van der Waals surface area contributed by atoms with E-state index in [9.17, 15) is 0 Å². The molecular weight excluding hydrogens is 322 g/mol. The third-order valence-corrected chi connectivity index (χ3v) is 4.68. The van der Waals surface area contributed by atoms with Crippen molar-refractivity contribution < 1.29 is 4.52 Å². The highest BCUT2D eigenvalue weighted by Gasteiger charge is 2.14. The van der Waals surface area contributed by atoms with Crippen molar-refractivity contribution >= 4 is 33.8 Å². The minimum Gasteiger partial charge on any atom is -0.360 e. The van der Waals surface area contributed by atoms with Gasteiger partial charge in [0, 0.05) is 18.0 Å². The van der Waals surface area contributed by atoms with Crippen LogP contribution in [-0.4, -0.2) is 24.9 Å². The zero-order valence-electron chi connectivity index (χ0n) is 13.6. The van der Waals surface area contributed by atoms with Crippen LogP contribution in [0.2, 0.25) is 0 Å². The molecule has 4 aromatic rings. The van der Waals surface area contributed by atoms with Crippen LogP contribution in [0.25, 0.3) is 22.1 Å². The molecule has 122 valence electrons. The van der Waals surface area contributed by atoms with Gasteiger partial charge in [-0.2, -0.15) is 0 Å². The summed E-state index contributed by atoms with van der Waals surface area (Å²) in [5.74, 6) is 1.46. The first kappa shape index (κ1) is 15.1. The quantitative estimate of drug-likeness (QED) is 0.512. The molecule has 0 aliphatic heterocycles. The molecule has 0 atom stereocenters. The number of nitrogens with zero attached hydrogens (tertiary/aromatic N) is 5. The maximum atomic E-state index is 5.23. The lowest BCUT2D eigenvalue weighted by Crippen LogP contribution is -2.00. The predicted molar refractivity (Wildman–Crippen MR) is 93.9 cm³/mol. The molecule has 0 spiro atoms. The van der Waals surface area contributed by atoms with Crippen molar-refractivity contribution in [2.45, 2.75) is 37.7 Å². The normalized spacial score (nSPS) is 11.6. The number of aromatic nitrogens is 5. The largest absolute Gasteiger partial charge is 0.360 e. The summed E-state index contributed by atoms with van der Waals surface area (Å²) in [4.78, 5) is 4.74. The summed E-state index contributed by atoms with van der Waals surface area (Å²) in [6, 6.07) is 10.2. The molecule has 0 bridgehead atoms. The van der Waals surface area contributed by atoms with Gasteiger partial charge in [0.25, 0.3) is 0 Å². The maximum absolute atomic E-state index is 5.23. The number of hydrogen-bond donors (Lipinski definition) is 0. The third-order valence-electron chi connectivity index (χ3n) is 3.82. The lowest BCUT2D eigenvalue weighted by atomic mass is 10.2. The number of thioether (sulfide) groups is 1. The van der Waals surface area contributed by atoms with E-state index in [0.29, 0.717) is 10.9 Å². The van der Waals surface area contributed by atoms with E-state index in [1.54, 1.807) is 0 Å². The van der Waals surface area contributed by atoms with Crippen LogP contribution in [0.3, 0.4) is 0 Å². The second-order valence-corrected chi connectivity index (χ2v) is 6.60. The number of hydrogen-bond acceptors (Lipinski definition) is 6. The molecule has 3 aromatic heterocycles. The standard InChI is InChI=1S/C17H17N5OS/c1-3-8-22-14-7-5-4-6-13(14)15-16(22)18-17(20-19-15)24-10-12-9-11(2)21-23-12/h4-7,9H,3,8,10H2,1-2H3. The van der Waals surface area contributed by atoms with Gasteiger partial charge in [-0.25, -0.2) is 4.98 Å². The van der Waals surface area contributed by atoms with Gasteiger partial charge in [-0.1, -0.05) is 42.0 Å². The van der Waals surface area contributed by atoms with E-state index in [-0.39, 0.29) is 0 Å². The first-order valence-corrected chi connectivity index (χ1v) is 8.91. The van der Waals surface area contributed by atoms with Gasteiger partial charge in [0.05, 0.1) is 17.0 Å². The molecule has 0 radical (unpaired) electrons. The molecule has 0 fully saturated rings. The lowest BCUT2D eigenvalue weighted by molar-refractivity contribution is 0.391.